The summed E-state index contributed by atoms with van der Waals surface area (Å²) in [5, 5.41) is 0. The summed E-state index contributed by atoms with van der Waals surface area (Å²) >= 11 is 0. The highest BCUT2D eigenvalue weighted by Crippen LogP contribution is 2.24. The van der Waals surface area contributed by atoms with Crippen LogP contribution in [0.3, 0.4) is 0 Å². The van der Waals surface area contributed by atoms with Gasteiger partial charge in [0.1, 0.15) is 12.4 Å². The van der Waals surface area contributed by atoms with Crippen LogP contribution in [0.2, 0.25) is 0 Å². The molecule has 0 aromatic heterocycles. The van der Waals surface area contributed by atoms with Crippen LogP contribution >= 0.6 is 10.7 Å². The van der Waals surface area contributed by atoms with E-state index in [1.165, 1.54) is 6.07 Å². The van der Waals surface area contributed by atoms with Gasteiger partial charge in [-0.2, -0.15) is 0 Å². The van der Waals surface area contributed by atoms with E-state index in [2.05, 4.69) is 6.58 Å². The second-order valence-corrected chi connectivity index (χ2v) is 6.29. The zero-order valence-electron chi connectivity index (χ0n) is 9.86. The molecule has 0 heterocycles. The topological polar surface area (TPSA) is 43.4 Å². The Morgan fingerprint density at radius 2 is 2.12 bits per heavy atom. The highest BCUT2D eigenvalue weighted by atomic mass is 35.7. The molecule has 0 unspecified atom stereocenters. The van der Waals surface area contributed by atoms with Crippen molar-refractivity contribution in [3.63, 3.8) is 0 Å². The Morgan fingerprint density at radius 3 is 2.59 bits per heavy atom. The maximum atomic E-state index is 11.2. The van der Waals surface area contributed by atoms with Crippen LogP contribution in [0.1, 0.15) is 18.9 Å². The van der Waals surface area contributed by atoms with Crippen molar-refractivity contribution in [1.82, 2.24) is 0 Å². The van der Waals surface area contributed by atoms with Gasteiger partial charge in [-0.15, -0.1) is 0 Å². The van der Waals surface area contributed by atoms with Crippen molar-refractivity contribution in [2.45, 2.75) is 25.2 Å². The van der Waals surface area contributed by atoms with Gasteiger partial charge in [-0.25, -0.2) is 8.42 Å². The van der Waals surface area contributed by atoms with Gasteiger partial charge in [-0.1, -0.05) is 13.5 Å². The molecule has 0 aliphatic heterocycles. The smallest absolute Gasteiger partial charge is 0.261 e. The maximum Gasteiger partial charge on any atom is 0.261 e. The number of hydrogen-bond acceptors (Lipinski definition) is 3. The second-order valence-electron chi connectivity index (χ2n) is 3.76. The summed E-state index contributed by atoms with van der Waals surface area (Å²) < 4.78 is 27.8. The van der Waals surface area contributed by atoms with Crippen LogP contribution in [0, 0.1) is 6.92 Å². The first-order chi connectivity index (χ1) is 7.84. The van der Waals surface area contributed by atoms with E-state index in [4.69, 9.17) is 15.4 Å². The summed E-state index contributed by atoms with van der Waals surface area (Å²) in [6.07, 6.45) is 0.854. The van der Waals surface area contributed by atoms with Crippen molar-refractivity contribution < 1.29 is 13.2 Å². The molecule has 0 aliphatic rings. The van der Waals surface area contributed by atoms with Gasteiger partial charge in [0.15, 0.2) is 0 Å². The van der Waals surface area contributed by atoms with Gasteiger partial charge in [-0.3, -0.25) is 0 Å². The average molecular weight is 275 g/mol. The Kier molecular flexibility index (Phi) is 4.60. The predicted octanol–water partition coefficient (Wildman–Crippen LogP) is 3.27. The number of ether oxygens (including phenoxy) is 1. The second kappa shape index (κ2) is 5.56. The molecule has 0 N–H and O–H groups in total. The lowest BCUT2D eigenvalue weighted by atomic mass is 10.2. The molecule has 0 saturated carbocycles. The van der Waals surface area contributed by atoms with Crippen LogP contribution in [-0.2, 0) is 9.05 Å². The molecule has 1 aromatic carbocycles. The molecule has 3 nitrogen and oxygen atoms in total. The maximum absolute atomic E-state index is 11.2. The monoisotopic (exact) mass is 274 g/mol. The molecule has 1 aromatic rings. The molecule has 0 bridgehead atoms. The molecular weight excluding hydrogens is 260 g/mol. The summed E-state index contributed by atoms with van der Waals surface area (Å²) in [4.78, 5) is 0.112. The molecule has 1 rings (SSSR count). The largest absolute Gasteiger partial charge is 0.489 e. The van der Waals surface area contributed by atoms with Crippen LogP contribution in [0.5, 0.6) is 5.75 Å². The summed E-state index contributed by atoms with van der Waals surface area (Å²) in [5.41, 5.74) is 1.55. The minimum atomic E-state index is -3.69. The van der Waals surface area contributed by atoms with Gasteiger partial charge < -0.3 is 4.74 Å². The van der Waals surface area contributed by atoms with Crippen molar-refractivity contribution in [3.05, 3.63) is 35.9 Å². The first kappa shape index (κ1) is 14.1. The molecule has 17 heavy (non-hydrogen) atoms. The van der Waals surface area contributed by atoms with Crippen LogP contribution in [-0.4, -0.2) is 15.0 Å². The van der Waals surface area contributed by atoms with Crippen molar-refractivity contribution in [2.75, 3.05) is 6.61 Å². The normalized spacial score (nSPS) is 11.2. The highest BCUT2D eigenvalue weighted by molar-refractivity contribution is 8.13. The van der Waals surface area contributed by atoms with Gasteiger partial charge in [0.2, 0.25) is 0 Å². The van der Waals surface area contributed by atoms with Crippen LogP contribution in [0.25, 0.3) is 0 Å². The SMILES string of the molecule is C=C(CC)COc1ccc(S(=O)(=O)Cl)c(C)c1. The van der Waals surface area contributed by atoms with E-state index in [9.17, 15) is 8.42 Å². The molecule has 0 spiro atoms. The summed E-state index contributed by atoms with van der Waals surface area (Å²) in [5.74, 6) is 0.612. The Labute approximate surface area is 106 Å². The van der Waals surface area contributed by atoms with Crippen molar-refractivity contribution in [2.24, 2.45) is 0 Å². The van der Waals surface area contributed by atoms with Gasteiger partial charge in [-0.05, 0) is 42.7 Å². The fourth-order valence-electron chi connectivity index (χ4n) is 1.27. The molecule has 0 radical (unpaired) electrons. The average Bonchev–Trinajstić information content (AvgIpc) is 2.24. The number of rotatable bonds is 5. The van der Waals surface area contributed by atoms with E-state index in [0.717, 1.165) is 12.0 Å². The molecule has 0 aliphatic carbocycles. The molecular formula is C12H15ClO3S. The Bertz CT molecular complexity index is 521. The molecule has 0 amide bonds. The van der Waals surface area contributed by atoms with E-state index in [-0.39, 0.29) is 4.90 Å². The zero-order chi connectivity index (χ0) is 13.1. The third kappa shape index (κ3) is 4.06. The van der Waals surface area contributed by atoms with Gasteiger partial charge in [0, 0.05) is 10.7 Å². The standard InChI is InChI=1S/C12H15ClO3S/c1-4-9(2)8-16-11-5-6-12(10(3)7-11)17(13,14)15/h5-7H,2,4,8H2,1,3H3. The Hall–Kier alpha value is -1.00. The number of hydrogen-bond donors (Lipinski definition) is 0. The quantitative estimate of drug-likeness (QED) is 0.611. The summed E-state index contributed by atoms with van der Waals surface area (Å²) in [6, 6.07) is 4.69. The lowest BCUT2D eigenvalue weighted by molar-refractivity contribution is 0.348. The fourth-order valence-corrected chi connectivity index (χ4v) is 2.47. The lowest BCUT2D eigenvalue weighted by Gasteiger charge is -2.09. The van der Waals surface area contributed by atoms with Crippen molar-refractivity contribution in [3.8, 4) is 5.75 Å². The number of aryl methyl sites for hydroxylation is 1. The van der Waals surface area contributed by atoms with E-state index < -0.39 is 9.05 Å². The number of benzene rings is 1. The molecule has 0 atom stereocenters. The van der Waals surface area contributed by atoms with E-state index >= 15 is 0 Å². The first-order valence-corrected chi connectivity index (χ1v) is 7.50. The molecule has 0 fully saturated rings. The van der Waals surface area contributed by atoms with Gasteiger partial charge >= 0.3 is 0 Å². The van der Waals surface area contributed by atoms with Crippen LogP contribution < -0.4 is 4.74 Å². The van der Waals surface area contributed by atoms with Crippen LogP contribution in [0.15, 0.2) is 35.2 Å². The highest BCUT2D eigenvalue weighted by Gasteiger charge is 2.13. The predicted molar refractivity (Wildman–Crippen MR) is 69.1 cm³/mol. The van der Waals surface area contributed by atoms with Crippen molar-refractivity contribution >= 4 is 19.7 Å². The summed E-state index contributed by atoms with van der Waals surface area (Å²) in [6.45, 7) is 7.94. The van der Waals surface area contributed by atoms with E-state index in [1.54, 1.807) is 19.1 Å². The van der Waals surface area contributed by atoms with Crippen molar-refractivity contribution in [1.29, 1.82) is 0 Å². The van der Waals surface area contributed by atoms with Crippen LogP contribution in [0.4, 0.5) is 0 Å². The first-order valence-electron chi connectivity index (χ1n) is 5.19. The molecule has 5 heteroatoms. The van der Waals surface area contributed by atoms with Gasteiger partial charge in [0.05, 0.1) is 4.90 Å². The fraction of sp³-hybridized carbons (Fsp3) is 0.333. The van der Waals surface area contributed by atoms with Gasteiger partial charge in [0.25, 0.3) is 9.05 Å². The van der Waals surface area contributed by atoms with E-state index in [0.29, 0.717) is 17.9 Å². The lowest BCUT2D eigenvalue weighted by Crippen LogP contribution is -2.01. The Morgan fingerprint density at radius 1 is 1.47 bits per heavy atom. The minimum absolute atomic E-state index is 0.112. The summed E-state index contributed by atoms with van der Waals surface area (Å²) in [7, 11) is 1.60. The van der Waals surface area contributed by atoms with E-state index in [1.807, 2.05) is 6.92 Å². The Balaban J connectivity index is 2.87. The molecule has 94 valence electrons. The third-order valence-corrected chi connectivity index (χ3v) is 3.83. The minimum Gasteiger partial charge on any atom is -0.489 e. The third-order valence-electron chi connectivity index (χ3n) is 2.35. The zero-order valence-corrected chi connectivity index (χ0v) is 11.4. The number of halogens is 1. The molecule has 0 saturated heterocycles.